The summed E-state index contributed by atoms with van der Waals surface area (Å²) in [5.74, 6) is -0.558. The highest BCUT2D eigenvalue weighted by molar-refractivity contribution is 5.66. The molecule has 12 nitrogen and oxygen atoms in total. The van der Waals surface area contributed by atoms with Gasteiger partial charge in [0.05, 0.1) is 59.5 Å². The van der Waals surface area contributed by atoms with Crippen molar-refractivity contribution in [3.8, 4) is 0 Å². The molecule has 0 N–H and O–H groups in total. The lowest BCUT2D eigenvalue weighted by Crippen LogP contribution is -2.66. The molecule has 0 radical (unpaired) electrons. The number of esters is 1. The van der Waals surface area contributed by atoms with Crippen molar-refractivity contribution in [2.24, 2.45) is 0 Å². The summed E-state index contributed by atoms with van der Waals surface area (Å²) in [6.45, 7) is 6.88. The van der Waals surface area contributed by atoms with E-state index in [4.69, 9.17) is 52.1 Å². The number of hydrogen-bond acceptors (Lipinski definition) is 12. The molecule has 0 amide bonds. The normalized spacial score (nSPS) is 24.2. The number of carbonyl (C=O) groups is 1. The van der Waals surface area contributed by atoms with Crippen molar-refractivity contribution < 1.29 is 56.9 Å². The van der Waals surface area contributed by atoms with Gasteiger partial charge in [0.15, 0.2) is 18.7 Å². The van der Waals surface area contributed by atoms with Crippen LogP contribution in [0, 0.1) is 0 Å². The van der Waals surface area contributed by atoms with Gasteiger partial charge >= 0.3 is 5.97 Å². The molecule has 0 saturated carbocycles. The molecule has 6 aromatic rings. The quantitative estimate of drug-likeness (QED) is 0.0381. The van der Waals surface area contributed by atoms with Crippen molar-refractivity contribution in [3.63, 3.8) is 0 Å². The fourth-order valence-corrected chi connectivity index (χ4v) is 8.62. The molecule has 2 fully saturated rings. The summed E-state index contributed by atoms with van der Waals surface area (Å²) in [7, 11) is 0. The average Bonchev–Trinajstić information content (AvgIpc) is 3.41. The summed E-state index contributed by atoms with van der Waals surface area (Å²) in [5.41, 5.74) is 5.69. The molecular formula is C59H64O12. The Labute approximate surface area is 417 Å². The minimum atomic E-state index is -1.19. The molecule has 2 heterocycles. The van der Waals surface area contributed by atoms with Crippen LogP contribution >= 0.6 is 0 Å². The summed E-state index contributed by atoms with van der Waals surface area (Å²) >= 11 is 0. The Hall–Kier alpha value is -5.87. The highest BCUT2D eigenvalue weighted by atomic mass is 16.8. The Balaban J connectivity index is 1.19. The van der Waals surface area contributed by atoms with Crippen LogP contribution in [0.15, 0.2) is 195 Å². The Kier molecular flexibility index (Phi) is 20.1. The molecule has 2 aliphatic rings. The molecule has 372 valence electrons. The third kappa shape index (κ3) is 15.6. The molecule has 8 rings (SSSR count). The molecule has 0 aromatic heterocycles. The van der Waals surface area contributed by atoms with Gasteiger partial charge in [-0.25, -0.2) is 0 Å². The van der Waals surface area contributed by atoms with Crippen LogP contribution in [0.3, 0.4) is 0 Å². The zero-order valence-electron chi connectivity index (χ0n) is 40.1. The highest BCUT2D eigenvalue weighted by Gasteiger charge is 2.55. The fraction of sp³-hybridized carbons (Fsp3) is 0.339. The fourth-order valence-electron chi connectivity index (χ4n) is 8.62. The van der Waals surface area contributed by atoms with Crippen LogP contribution in [0.2, 0.25) is 0 Å². The smallest absolute Gasteiger partial charge is 0.303 e. The second kappa shape index (κ2) is 27.7. The van der Waals surface area contributed by atoms with Crippen LogP contribution in [-0.4, -0.2) is 87.2 Å². The van der Waals surface area contributed by atoms with E-state index in [0.717, 1.165) is 33.4 Å². The first-order chi connectivity index (χ1) is 35.0. The van der Waals surface area contributed by atoms with E-state index in [-0.39, 0.29) is 52.9 Å². The maximum atomic E-state index is 13.3. The van der Waals surface area contributed by atoms with E-state index in [9.17, 15) is 4.79 Å². The molecule has 0 spiro atoms. The van der Waals surface area contributed by atoms with Crippen molar-refractivity contribution in [1.82, 2.24) is 0 Å². The Morgan fingerprint density at radius 2 is 0.761 bits per heavy atom. The van der Waals surface area contributed by atoms with Gasteiger partial charge in [-0.2, -0.15) is 0 Å². The summed E-state index contributed by atoms with van der Waals surface area (Å²) in [6, 6.07) is 59.2. The Bertz CT molecular complexity index is 2410. The predicted octanol–water partition coefficient (Wildman–Crippen LogP) is 9.73. The van der Waals surface area contributed by atoms with E-state index < -0.39 is 67.4 Å². The molecule has 10 atom stereocenters. The van der Waals surface area contributed by atoms with Crippen molar-refractivity contribution >= 4 is 5.97 Å². The second-order valence-electron chi connectivity index (χ2n) is 17.4. The van der Waals surface area contributed by atoms with Gasteiger partial charge in [-0.05, 0) is 33.4 Å². The number of hydrogen-bond donors (Lipinski definition) is 0. The van der Waals surface area contributed by atoms with Crippen molar-refractivity contribution in [2.45, 2.75) is 108 Å². The summed E-state index contributed by atoms with van der Waals surface area (Å²) in [6.07, 6.45) is -7.88. The van der Waals surface area contributed by atoms with E-state index in [1.165, 1.54) is 6.92 Å². The number of ether oxygens (including phenoxy) is 11. The summed E-state index contributed by atoms with van der Waals surface area (Å²) in [4.78, 5) is 13.3. The first kappa shape index (κ1) is 51.5. The van der Waals surface area contributed by atoms with Gasteiger partial charge in [0, 0.05) is 6.92 Å². The molecule has 6 aromatic carbocycles. The summed E-state index contributed by atoms with van der Waals surface area (Å²) in [5, 5.41) is 0. The van der Waals surface area contributed by atoms with E-state index >= 15 is 0 Å². The van der Waals surface area contributed by atoms with Crippen LogP contribution in [0.25, 0.3) is 0 Å². The van der Waals surface area contributed by atoms with Crippen molar-refractivity contribution in [2.75, 3.05) is 19.8 Å². The van der Waals surface area contributed by atoms with E-state index in [0.29, 0.717) is 6.61 Å². The largest absolute Gasteiger partial charge is 0.457 e. The van der Waals surface area contributed by atoms with Gasteiger partial charge in [-0.1, -0.05) is 188 Å². The first-order valence-corrected chi connectivity index (χ1v) is 24.2. The SMILES string of the molecule is C=CCO[C@@H]1O[C@H](COCc2ccccc2)[C@@H](O[C@@H]2O[C@H](COCc3ccccc3)[C@@H](OCc3ccccc3)[C@H](OCc3ccccc3)[C@H]2OCc2ccccc2)[C@H](OC(C)=O)[C@H]1OCc1ccccc1. The Morgan fingerprint density at radius 1 is 0.423 bits per heavy atom. The topological polar surface area (TPSA) is 119 Å². The van der Waals surface area contributed by atoms with Crippen LogP contribution in [-0.2, 0) is 96.5 Å². The van der Waals surface area contributed by atoms with E-state index in [1.54, 1.807) is 6.08 Å². The third-order valence-corrected chi connectivity index (χ3v) is 12.1. The van der Waals surface area contributed by atoms with E-state index in [2.05, 4.69) is 6.58 Å². The van der Waals surface area contributed by atoms with Gasteiger partial charge in [-0.3, -0.25) is 4.79 Å². The monoisotopic (exact) mass is 964 g/mol. The molecule has 0 bridgehead atoms. The van der Waals surface area contributed by atoms with Crippen LogP contribution in [0.1, 0.15) is 40.3 Å². The first-order valence-electron chi connectivity index (χ1n) is 24.2. The molecule has 2 aliphatic heterocycles. The van der Waals surface area contributed by atoms with Crippen LogP contribution in [0.5, 0.6) is 0 Å². The standard InChI is InChI=1S/C59H64O12/c1-3-34-63-58-57(67-40-49-32-20-9-21-33-49)55(68-43(2)60)53(51(69-58)42-62-36-45-24-12-5-13-25-45)71-59-56(66-39-48-30-18-8-19-31-48)54(65-38-47-28-16-7-17-29-47)52(64-37-46-26-14-6-15-27-46)50(70-59)41-61-35-44-22-10-4-11-23-44/h3-33,50-59H,1,34-42H2,2H3/t50-,51-,52-,53-,54+,55+,56-,57-,58-,59+/m1/s1. The Morgan fingerprint density at radius 3 is 1.15 bits per heavy atom. The van der Waals surface area contributed by atoms with Crippen molar-refractivity contribution in [3.05, 3.63) is 228 Å². The summed E-state index contributed by atoms with van der Waals surface area (Å²) < 4.78 is 74.3. The average molecular weight is 965 g/mol. The minimum absolute atomic E-state index is 0.0132. The number of carbonyl (C=O) groups excluding carboxylic acids is 1. The minimum Gasteiger partial charge on any atom is -0.457 e. The highest BCUT2D eigenvalue weighted by Crippen LogP contribution is 2.37. The van der Waals surface area contributed by atoms with Crippen LogP contribution < -0.4 is 0 Å². The maximum Gasteiger partial charge on any atom is 0.303 e. The zero-order chi connectivity index (χ0) is 48.9. The van der Waals surface area contributed by atoms with Crippen molar-refractivity contribution in [1.29, 1.82) is 0 Å². The van der Waals surface area contributed by atoms with Crippen LogP contribution in [0.4, 0.5) is 0 Å². The lowest BCUT2D eigenvalue weighted by Gasteiger charge is -2.50. The zero-order valence-corrected chi connectivity index (χ0v) is 40.1. The van der Waals surface area contributed by atoms with Gasteiger partial charge in [0.25, 0.3) is 0 Å². The molecule has 12 heteroatoms. The molecule has 0 aliphatic carbocycles. The van der Waals surface area contributed by atoms with Gasteiger partial charge in [0.2, 0.25) is 0 Å². The van der Waals surface area contributed by atoms with Gasteiger partial charge in [-0.15, -0.1) is 6.58 Å². The molecule has 0 unspecified atom stereocenters. The second-order valence-corrected chi connectivity index (χ2v) is 17.4. The lowest BCUT2D eigenvalue weighted by atomic mass is 9.95. The van der Waals surface area contributed by atoms with Gasteiger partial charge < -0.3 is 52.1 Å². The third-order valence-electron chi connectivity index (χ3n) is 12.1. The predicted molar refractivity (Wildman–Crippen MR) is 266 cm³/mol. The molecule has 71 heavy (non-hydrogen) atoms. The van der Waals surface area contributed by atoms with E-state index in [1.807, 2.05) is 182 Å². The van der Waals surface area contributed by atoms with Gasteiger partial charge in [0.1, 0.15) is 42.7 Å². The lowest BCUT2D eigenvalue weighted by molar-refractivity contribution is -0.373. The maximum absolute atomic E-state index is 13.3. The molecular weight excluding hydrogens is 901 g/mol. The number of benzene rings is 6. The number of rotatable bonds is 26. The molecule has 2 saturated heterocycles.